The van der Waals surface area contributed by atoms with Crippen molar-refractivity contribution in [3.8, 4) is 44.8 Å². The first kappa shape index (κ1) is 33.9. The van der Waals surface area contributed by atoms with Gasteiger partial charge in [-0.15, -0.1) is 0 Å². The van der Waals surface area contributed by atoms with Gasteiger partial charge in [-0.1, -0.05) is 121 Å². The van der Waals surface area contributed by atoms with E-state index in [0.717, 1.165) is 94.3 Å². The Labute approximate surface area is 345 Å². The molecule has 0 aliphatic heterocycles. The van der Waals surface area contributed by atoms with Crippen molar-refractivity contribution in [2.75, 3.05) is 4.90 Å². The molecule has 5 heteroatoms. The average Bonchev–Trinajstić information content (AvgIpc) is 4.02. The third-order valence-corrected chi connectivity index (χ3v) is 11.5. The van der Waals surface area contributed by atoms with Crippen LogP contribution in [0.5, 0.6) is 0 Å². The molecule has 12 aromatic rings. The zero-order valence-corrected chi connectivity index (χ0v) is 32.2. The molecule has 0 saturated heterocycles. The highest BCUT2D eigenvalue weighted by atomic mass is 16.4. The van der Waals surface area contributed by atoms with Crippen molar-refractivity contribution in [1.82, 2.24) is 4.98 Å². The van der Waals surface area contributed by atoms with Gasteiger partial charge in [0.15, 0.2) is 5.58 Å². The molecule has 0 aliphatic carbocycles. The van der Waals surface area contributed by atoms with Crippen LogP contribution in [0.3, 0.4) is 0 Å². The zero-order chi connectivity index (χ0) is 39.6. The molecule has 12 rings (SSSR count). The van der Waals surface area contributed by atoms with Crippen LogP contribution in [0.25, 0.3) is 99.8 Å². The van der Waals surface area contributed by atoms with Gasteiger partial charge in [-0.3, -0.25) is 0 Å². The molecule has 282 valence electrons. The molecule has 5 nitrogen and oxygen atoms in total. The van der Waals surface area contributed by atoms with Crippen molar-refractivity contribution in [2.45, 2.75) is 0 Å². The number of para-hydroxylation sites is 1. The molecule has 60 heavy (non-hydrogen) atoms. The van der Waals surface area contributed by atoms with Crippen LogP contribution in [-0.4, -0.2) is 4.98 Å². The number of benzene rings is 9. The number of furan rings is 2. The van der Waals surface area contributed by atoms with Gasteiger partial charge in [0.1, 0.15) is 27.8 Å². The topological polar surface area (TPSA) is 55.6 Å². The van der Waals surface area contributed by atoms with Crippen LogP contribution in [0.4, 0.5) is 17.1 Å². The third-order valence-electron chi connectivity index (χ3n) is 11.5. The van der Waals surface area contributed by atoms with Gasteiger partial charge >= 0.3 is 0 Å². The minimum absolute atomic E-state index is 0.597. The van der Waals surface area contributed by atoms with Gasteiger partial charge in [-0.2, -0.15) is 0 Å². The maximum absolute atomic E-state index is 6.33. The SMILES string of the molecule is c1ccc(-c2ccc(N(c3ccc(-c4ccc5oc6cc7oc(-c8ccccc8)nc7cc6c5c4)cc3)c3cccc(-c4cccc5oc6ccccc6c45)c3)cc2)cc1. The van der Waals surface area contributed by atoms with Gasteiger partial charge in [0.25, 0.3) is 0 Å². The molecule has 0 N–H and O–H groups in total. The summed E-state index contributed by atoms with van der Waals surface area (Å²) in [5, 5.41) is 4.28. The maximum atomic E-state index is 6.33. The maximum Gasteiger partial charge on any atom is 0.227 e. The van der Waals surface area contributed by atoms with E-state index < -0.39 is 0 Å². The number of oxazole rings is 1. The van der Waals surface area contributed by atoms with Crippen molar-refractivity contribution in [2.24, 2.45) is 0 Å². The molecular formula is C55H34N2O3. The molecule has 0 atom stereocenters. The Balaban J connectivity index is 0.938. The molecule has 0 bridgehead atoms. The Morgan fingerprint density at radius 3 is 1.68 bits per heavy atom. The van der Waals surface area contributed by atoms with Gasteiger partial charge in [-0.25, -0.2) is 4.98 Å². The second-order valence-corrected chi connectivity index (χ2v) is 15.1. The fourth-order valence-corrected chi connectivity index (χ4v) is 8.59. The average molecular weight is 771 g/mol. The van der Waals surface area contributed by atoms with Crippen molar-refractivity contribution < 1.29 is 13.3 Å². The van der Waals surface area contributed by atoms with E-state index in [4.69, 9.17) is 18.2 Å². The number of hydrogen-bond acceptors (Lipinski definition) is 5. The van der Waals surface area contributed by atoms with Crippen molar-refractivity contribution >= 4 is 72.0 Å². The number of fused-ring (bicyclic) bond motifs is 7. The number of hydrogen-bond donors (Lipinski definition) is 0. The molecular weight excluding hydrogens is 737 g/mol. The highest BCUT2D eigenvalue weighted by molar-refractivity contribution is 6.13. The molecule has 0 saturated carbocycles. The van der Waals surface area contributed by atoms with Crippen LogP contribution in [0.2, 0.25) is 0 Å². The first-order valence-corrected chi connectivity index (χ1v) is 20.1. The quantitative estimate of drug-likeness (QED) is 0.162. The van der Waals surface area contributed by atoms with Crippen molar-refractivity contribution in [3.05, 3.63) is 206 Å². The van der Waals surface area contributed by atoms with Crippen molar-refractivity contribution in [3.63, 3.8) is 0 Å². The molecule has 3 heterocycles. The summed E-state index contributed by atoms with van der Waals surface area (Å²) in [6.07, 6.45) is 0. The number of rotatable bonds is 7. The second kappa shape index (κ2) is 13.8. The first-order chi connectivity index (χ1) is 29.7. The normalized spacial score (nSPS) is 11.7. The molecule has 0 amide bonds. The minimum atomic E-state index is 0.597. The third kappa shape index (κ3) is 5.75. The Kier molecular flexibility index (Phi) is 7.78. The van der Waals surface area contributed by atoms with Gasteiger partial charge < -0.3 is 18.2 Å². The van der Waals surface area contributed by atoms with E-state index >= 15 is 0 Å². The summed E-state index contributed by atoms with van der Waals surface area (Å²) in [7, 11) is 0. The molecule has 9 aromatic carbocycles. The van der Waals surface area contributed by atoms with E-state index in [9.17, 15) is 0 Å². The zero-order valence-electron chi connectivity index (χ0n) is 32.2. The minimum Gasteiger partial charge on any atom is -0.456 e. The summed E-state index contributed by atoms with van der Waals surface area (Å²) < 4.78 is 18.8. The summed E-state index contributed by atoms with van der Waals surface area (Å²) >= 11 is 0. The van der Waals surface area contributed by atoms with Gasteiger partial charge in [0.2, 0.25) is 5.89 Å². The van der Waals surface area contributed by atoms with E-state index in [0.29, 0.717) is 11.5 Å². The molecule has 0 spiro atoms. The van der Waals surface area contributed by atoms with E-state index in [1.807, 2.05) is 48.5 Å². The lowest BCUT2D eigenvalue weighted by atomic mass is 9.98. The predicted octanol–water partition coefficient (Wildman–Crippen LogP) is 15.8. The monoisotopic (exact) mass is 770 g/mol. The summed E-state index contributed by atoms with van der Waals surface area (Å²) in [4.78, 5) is 7.15. The fraction of sp³-hybridized carbons (Fsp3) is 0. The summed E-state index contributed by atoms with van der Waals surface area (Å²) in [5.74, 6) is 0.597. The fourth-order valence-electron chi connectivity index (χ4n) is 8.59. The highest BCUT2D eigenvalue weighted by Gasteiger charge is 2.18. The predicted molar refractivity (Wildman–Crippen MR) is 245 cm³/mol. The van der Waals surface area contributed by atoms with E-state index in [1.165, 1.54) is 11.1 Å². The largest absolute Gasteiger partial charge is 0.456 e. The van der Waals surface area contributed by atoms with Crippen LogP contribution < -0.4 is 4.90 Å². The lowest BCUT2D eigenvalue weighted by Gasteiger charge is -2.26. The number of anilines is 3. The van der Waals surface area contributed by atoms with Crippen LogP contribution in [0, 0.1) is 0 Å². The van der Waals surface area contributed by atoms with Gasteiger partial charge in [0, 0.05) is 50.2 Å². The van der Waals surface area contributed by atoms with E-state index in [2.05, 4.69) is 163 Å². The molecule has 3 aromatic heterocycles. The molecule has 0 unspecified atom stereocenters. The van der Waals surface area contributed by atoms with E-state index in [-0.39, 0.29) is 0 Å². The number of nitrogens with zero attached hydrogens (tertiary/aromatic N) is 2. The van der Waals surface area contributed by atoms with Crippen LogP contribution >= 0.6 is 0 Å². The standard InChI is InChI=1S/C55H34N2O3/c1-3-11-35(12-4-1)36-21-26-41(27-22-36)57(43-16-9-15-40(31-43)44-18-10-20-51-54(44)45-17-7-8-19-49(45)58-51)42-28-23-37(24-29-42)39-25-30-50-46(32-39)47-33-48-53(34-52(47)59-50)60-55(56-48)38-13-5-2-6-14-38/h1-34H. The van der Waals surface area contributed by atoms with Gasteiger partial charge in [-0.05, 0) is 112 Å². The Bertz CT molecular complexity index is 3530. The second-order valence-electron chi connectivity index (χ2n) is 15.1. The first-order valence-electron chi connectivity index (χ1n) is 20.1. The van der Waals surface area contributed by atoms with Crippen LogP contribution in [0.15, 0.2) is 220 Å². The molecule has 0 aliphatic rings. The summed E-state index contributed by atoms with van der Waals surface area (Å²) in [6, 6.07) is 71.9. The van der Waals surface area contributed by atoms with Gasteiger partial charge in [0.05, 0.1) is 0 Å². The Morgan fingerprint density at radius 2 is 0.900 bits per heavy atom. The Hall–Kier alpha value is -8.15. The smallest absolute Gasteiger partial charge is 0.227 e. The van der Waals surface area contributed by atoms with Crippen LogP contribution in [-0.2, 0) is 0 Å². The summed E-state index contributed by atoms with van der Waals surface area (Å²) in [6.45, 7) is 0. The molecule has 0 radical (unpaired) electrons. The molecule has 0 fully saturated rings. The van der Waals surface area contributed by atoms with Crippen molar-refractivity contribution in [1.29, 1.82) is 0 Å². The lowest BCUT2D eigenvalue weighted by Crippen LogP contribution is -2.10. The highest BCUT2D eigenvalue weighted by Crippen LogP contribution is 2.42. The van der Waals surface area contributed by atoms with E-state index in [1.54, 1.807) is 0 Å². The Morgan fingerprint density at radius 1 is 0.317 bits per heavy atom. The number of aromatic nitrogens is 1. The summed E-state index contributed by atoms with van der Waals surface area (Å²) in [5.41, 5.74) is 15.8. The van der Waals surface area contributed by atoms with Crippen LogP contribution in [0.1, 0.15) is 0 Å². The lowest BCUT2D eigenvalue weighted by molar-refractivity contribution is 0.617.